The van der Waals surface area contributed by atoms with Crippen molar-refractivity contribution >= 4 is 23.8 Å². The SMILES string of the molecule is C=CCOCc1[nH]c(C2CCCN2C(=O)C(CC=C)NC(=O)OC)nc1-c1ccc(-c2ccc(/C(N)=C/NC(=C)[C@@H]3CCCN3C(=O)OCc3ccccc3)cc2)cc1. The Bertz CT molecular complexity index is 2130. The summed E-state index contributed by atoms with van der Waals surface area (Å²) in [6.45, 7) is 13.7. The van der Waals surface area contributed by atoms with Gasteiger partial charge < -0.3 is 40.5 Å². The van der Waals surface area contributed by atoms with Crippen LogP contribution in [0.3, 0.4) is 0 Å². The molecule has 0 aliphatic carbocycles. The van der Waals surface area contributed by atoms with Crippen molar-refractivity contribution in [1.29, 1.82) is 0 Å². The molecule has 0 bridgehead atoms. The Morgan fingerprint density at radius 3 is 2.29 bits per heavy atom. The summed E-state index contributed by atoms with van der Waals surface area (Å²) in [5.41, 5.74) is 13.9. The molecule has 2 fully saturated rings. The van der Waals surface area contributed by atoms with E-state index >= 15 is 0 Å². The van der Waals surface area contributed by atoms with Crippen molar-refractivity contribution in [2.75, 3.05) is 26.8 Å². The molecule has 2 aliphatic rings. The monoisotopic (exact) mass is 799 g/mol. The second kappa shape index (κ2) is 20.2. The van der Waals surface area contributed by atoms with Crippen molar-refractivity contribution in [3.8, 4) is 22.4 Å². The average molecular weight is 800 g/mol. The second-order valence-electron chi connectivity index (χ2n) is 14.5. The van der Waals surface area contributed by atoms with E-state index in [-0.39, 0.29) is 43.7 Å². The molecule has 0 spiro atoms. The van der Waals surface area contributed by atoms with E-state index in [1.165, 1.54) is 7.11 Å². The fourth-order valence-corrected chi connectivity index (χ4v) is 7.45. The maximum Gasteiger partial charge on any atom is 0.410 e. The lowest BCUT2D eigenvalue weighted by Crippen LogP contribution is -2.48. The van der Waals surface area contributed by atoms with Crippen LogP contribution in [0.1, 0.15) is 60.8 Å². The molecule has 3 heterocycles. The Morgan fingerprint density at radius 1 is 0.915 bits per heavy atom. The molecular weight excluding hydrogens is 747 g/mol. The van der Waals surface area contributed by atoms with Gasteiger partial charge in [-0.25, -0.2) is 14.6 Å². The topological polar surface area (TPSA) is 164 Å². The van der Waals surface area contributed by atoms with Gasteiger partial charge in [0, 0.05) is 30.5 Å². The number of benzene rings is 3. The third-order valence-electron chi connectivity index (χ3n) is 10.5. The van der Waals surface area contributed by atoms with Crippen LogP contribution in [0.5, 0.6) is 0 Å². The highest BCUT2D eigenvalue weighted by molar-refractivity contribution is 5.86. The lowest BCUT2D eigenvalue weighted by molar-refractivity contribution is -0.134. The molecule has 6 rings (SSSR count). The van der Waals surface area contributed by atoms with Gasteiger partial charge in [0.15, 0.2) is 0 Å². The van der Waals surface area contributed by atoms with E-state index in [2.05, 4.69) is 35.4 Å². The number of hydrogen-bond donors (Lipinski definition) is 4. The van der Waals surface area contributed by atoms with Crippen molar-refractivity contribution in [3.63, 3.8) is 0 Å². The summed E-state index contributed by atoms with van der Waals surface area (Å²) in [5.74, 6) is 0.438. The molecule has 308 valence electrons. The number of amides is 3. The molecule has 3 atom stereocenters. The number of carbonyl (C=O) groups excluding carboxylic acids is 3. The molecule has 2 saturated heterocycles. The minimum Gasteiger partial charge on any atom is -0.453 e. The number of ether oxygens (including phenoxy) is 3. The quantitative estimate of drug-likeness (QED) is 0.0623. The molecule has 0 radical (unpaired) electrons. The number of nitrogens with one attached hydrogen (secondary N) is 3. The van der Waals surface area contributed by atoms with Crippen LogP contribution in [-0.2, 0) is 32.2 Å². The van der Waals surface area contributed by atoms with Crippen LogP contribution in [0.2, 0.25) is 0 Å². The molecule has 5 N–H and O–H groups in total. The van der Waals surface area contributed by atoms with E-state index in [1.807, 2.05) is 78.9 Å². The summed E-state index contributed by atoms with van der Waals surface area (Å²) in [4.78, 5) is 50.5. The van der Waals surface area contributed by atoms with Crippen molar-refractivity contribution in [2.45, 2.75) is 63.4 Å². The first-order chi connectivity index (χ1) is 28.7. The highest BCUT2D eigenvalue weighted by Gasteiger charge is 2.37. The van der Waals surface area contributed by atoms with Gasteiger partial charge in [0.05, 0.1) is 49.5 Å². The summed E-state index contributed by atoms with van der Waals surface area (Å²) < 4.78 is 16.2. The molecule has 1 aromatic heterocycles. The molecule has 2 unspecified atom stereocenters. The fourth-order valence-electron chi connectivity index (χ4n) is 7.45. The Labute approximate surface area is 345 Å². The highest BCUT2D eigenvalue weighted by Crippen LogP contribution is 2.35. The number of aromatic amines is 1. The lowest BCUT2D eigenvalue weighted by atomic mass is 10.0. The van der Waals surface area contributed by atoms with Gasteiger partial charge in [-0.05, 0) is 54.4 Å². The third-order valence-corrected chi connectivity index (χ3v) is 10.5. The normalized spacial score (nSPS) is 16.9. The van der Waals surface area contributed by atoms with Crippen molar-refractivity contribution in [3.05, 3.63) is 145 Å². The van der Waals surface area contributed by atoms with Crippen LogP contribution in [0, 0.1) is 0 Å². The van der Waals surface area contributed by atoms with Crippen molar-refractivity contribution in [1.82, 2.24) is 30.4 Å². The van der Waals surface area contributed by atoms with Crippen LogP contribution < -0.4 is 16.4 Å². The number of nitrogens with zero attached hydrogens (tertiary/aromatic N) is 3. The number of H-pyrrole nitrogens is 1. The molecule has 13 nitrogen and oxygen atoms in total. The van der Waals surface area contributed by atoms with E-state index in [0.29, 0.717) is 36.9 Å². The molecule has 13 heteroatoms. The number of methoxy groups -OCH3 is 1. The number of aromatic nitrogens is 2. The second-order valence-corrected chi connectivity index (χ2v) is 14.5. The zero-order valence-corrected chi connectivity index (χ0v) is 33.5. The Kier molecular flexibility index (Phi) is 14.4. The molecule has 2 aliphatic heterocycles. The maximum atomic E-state index is 13.7. The summed E-state index contributed by atoms with van der Waals surface area (Å²) in [6, 6.07) is 24.4. The first-order valence-corrected chi connectivity index (χ1v) is 19.8. The van der Waals surface area contributed by atoms with Gasteiger partial charge in [-0.2, -0.15) is 0 Å². The van der Waals surface area contributed by atoms with Crippen LogP contribution >= 0.6 is 0 Å². The summed E-state index contributed by atoms with van der Waals surface area (Å²) in [6.07, 6.45) is 7.40. The third kappa shape index (κ3) is 10.5. The number of hydrogen-bond acceptors (Lipinski definition) is 9. The summed E-state index contributed by atoms with van der Waals surface area (Å²) in [5, 5.41) is 5.86. The fraction of sp³-hybridized carbons (Fsp3) is 0.304. The highest BCUT2D eigenvalue weighted by atomic mass is 16.6. The average Bonchev–Trinajstić information content (AvgIpc) is 4.06. The largest absolute Gasteiger partial charge is 0.453 e. The van der Waals surface area contributed by atoms with Gasteiger partial charge in [-0.15, -0.1) is 13.2 Å². The molecule has 3 aromatic carbocycles. The number of alkyl carbamates (subject to hydrolysis) is 1. The van der Waals surface area contributed by atoms with Crippen LogP contribution in [0.25, 0.3) is 28.1 Å². The predicted octanol–water partition coefficient (Wildman–Crippen LogP) is 7.57. The standard InChI is InChI=1S/C46H53N7O6/c1-5-12-38(50-45(55)57-4)44(54)52-25-11-16-41(52)43-49-39(30-58-27-6-2)42(51-43)36-23-19-34(20-24-36)33-17-21-35(22-18-33)37(47)28-48-31(3)40-15-10-26-53(40)46(56)59-29-32-13-8-7-9-14-32/h5-9,13-14,17-24,28,38,40-41,48H,1-3,10-12,15-16,25-27,29-30,47H2,4H3,(H,49,51)(H,50,55)/b37-28-/t38?,40-,41?/m0/s1. The first-order valence-electron chi connectivity index (χ1n) is 19.8. The Morgan fingerprint density at radius 2 is 1.59 bits per heavy atom. The number of carbonyl (C=O) groups is 3. The van der Waals surface area contributed by atoms with Crippen LogP contribution in [0.15, 0.2) is 123 Å². The minimum atomic E-state index is -0.797. The molecule has 59 heavy (non-hydrogen) atoms. The first kappa shape index (κ1) is 42.0. The van der Waals surface area contributed by atoms with Crippen LogP contribution in [0.4, 0.5) is 9.59 Å². The maximum absolute atomic E-state index is 13.7. The van der Waals surface area contributed by atoms with E-state index < -0.39 is 12.1 Å². The van der Waals surface area contributed by atoms with Gasteiger partial charge >= 0.3 is 12.2 Å². The predicted molar refractivity (Wildman–Crippen MR) is 228 cm³/mol. The van der Waals surface area contributed by atoms with E-state index in [4.69, 9.17) is 24.9 Å². The zero-order chi connectivity index (χ0) is 41.7. The number of imidazole rings is 1. The molecular formula is C46H53N7O6. The number of likely N-dealkylation sites (tertiary alicyclic amines) is 2. The Balaban J connectivity index is 1.11. The number of rotatable bonds is 17. The van der Waals surface area contributed by atoms with E-state index in [1.54, 1.807) is 28.2 Å². The van der Waals surface area contributed by atoms with E-state index in [0.717, 1.165) is 64.9 Å². The van der Waals surface area contributed by atoms with Crippen molar-refractivity contribution in [2.24, 2.45) is 5.73 Å². The van der Waals surface area contributed by atoms with E-state index in [9.17, 15) is 14.4 Å². The van der Waals surface area contributed by atoms with Crippen molar-refractivity contribution < 1.29 is 28.6 Å². The molecule has 3 amide bonds. The molecule has 4 aromatic rings. The van der Waals surface area contributed by atoms with Gasteiger partial charge in [-0.1, -0.05) is 97.6 Å². The lowest BCUT2D eigenvalue weighted by Gasteiger charge is -2.27. The van der Waals surface area contributed by atoms with Crippen LogP contribution in [-0.4, -0.2) is 76.8 Å². The minimum absolute atomic E-state index is 0.199. The summed E-state index contributed by atoms with van der Waals surface area (Å²) in [7, 11) is 1.27. The molecule has 0 saturated carbocycles. The zero-order valence-electron chi connectivity index (χ0n) is 33.5. The van der Waals surface area contributed by atoms with Gasteiger partial charge in [0.25, 0.3) is 0 Å². The van der Waals surface area contributed by atoms with Gasteiger partial charge in [0.2, 0.25) is 5.91 Å². The Hall–Kier alpha value is -6.60. The summed E-state index contributed by atoms with van der Waals surface area (Å²) >= 11 is 0. The number of nitrogens with two attached hydrogens (primary N) is 1. The smallest absolute Gasteiger partial charge is 0.410 e. The van der Waals surface area contributed by atoms with Gasteiger partial charge in [-0.3, -0.25) is 9.69 Å². The van der Waals surface area contributed by atoms with Gasteiger partial charge in [0.1, 0.15) is 18.5 Å².